The fraction of sp³-hybridized carbons (Fsp3) is 0.241. The fourth-order valence-electron chi connectivity index (χ4n) is 3.87. The van der Waals surface area contributed by atoms with E-state index in [0.29, 0.717) is 11.4 Å². The van der Waals surface area contributed by atoms with Crippen LogP contribution in [0.4, 0.5) is 11.6 Å². The molecule has 0 fully saturated rings. The number of allylic oxidation sites excluding steroid dienone is 3. The van der Waals surface area contributed by atoms with Crippen molar-refractivity contribution in [3.05, 3.63) is 106 Å². The number of ketones is 2. The minimum absolute atomic E-state index is 0.0213. The quantitative estimate of drug-likeness (QED) is 0.129. The van der Waals surface area contributed by atoms with Crippen LogP contribution in [0.2, 0.25) is 0 Å². The van der Waals surface area contributed by atoms with Crippen LogP contribution < -0.4 is 10.1 Å². The third-order valence-electron chi connectivity index (χ3n) is 6.11. The molecule has 0 spiro atoms. The molecule has 0 radical (unpaired) electrons. The number of nitrogens with zero attached hydrogens (tertiary/aromatic N) is 3. The van der Waals surface area contributed by atoms with E-state index in [1.807, 2.05) is 24.3 Å². The van der Waals surface area contributed by atoms with Crippen LogP contribution in [-0.4, -0.2) is 44.7 Å². The van der Waals surface area contributed by atoms with Gasteiger partial charge < -0.3 is 24.9 Å². The second-order valence-electron chi connectivity index (χ2n) is 10.1. The summed E-state index contributed by atoms with van der Waals surface area (Å²) in [5.74, 6) is -1.24. The van der Waals surface area contributed by atoms with Gasteiger partial charge in [-0.15, -0.1) is 0 Å². The Kier molecular flexibility index (Phi) is 8.23. The number of aromatic nitrogens is 2. The Morgan fingerprint density at radius 3 is 2.33 bits per heavy atom. The first-order valence-electron chi connectivity index (χ1n) is 12.4. The average molecular weight is 545 g/mol. The lowest BCUT2D eigenvalue weighted by Crippen LogP contribution is -2.30. The van der Waals surface area contributed by atoms with Crippen LogP contribution in [0.25, 0.3) is 0 Å². The van der Waals surface area contributed by atoms with Crippen LogP contribution in [0, 0.1) is 10.1 Å². The summed E-state index contributed by atoms with van der Waals surface area (Å²) in [6.07, 6.45) is 5.58. The van der Waals surface area contributed by atoms with Gasteiger partial charge in [0, 0.05) is 11.9 Å². The molecule has 0 amide bonds. The average Bonchev–Trinajstić information content (AvgIpc) is 3.51. The van der Waals surface area contributed by atoms with Crippen molar-refractivity contribution in [2.24, 2.45) is 0 Å². The van der Waals surface area contributed by atoms with Crippen molar-refractivity contribution < 1.29 is 28.8 Å². The molecule has 3 aromatic rings. The fourth-order valence-corrected chi connectivity index (χ4v) is 3.87. The maximum Gasteiger partial charge on any atom is 0.434 e. The van der Waals surface area contributed by atoms with Crippen molar-refractivity contribution in [1.82, 2.24) is 9.55 Å². The summed E-state index contributed by atoms with van der Waals surface area (Å²) in [5.41, 5.74) is 1.90. The molecule has 11 nitrogen and oxygen atoms in total. The number of esters is 1. The van der Waals surface area contributed by atoms with Crippen LogP contribution in [-0.2, 0) is 26.3 Å². The van der Waals surface area contributed by atoms with Crippen LogP contribution in [0.5, 0.6) is 5.75 Å². The molecule has 1 N–H and O–H groups in total. The van der Waals surface area contributed by atoms with E-state index in [-0.39, 0.29) is 47.2 Å². The topological polar surface area (TPSA) is 143 Å². The van der Waals surface area contributed by atoms with Gasteiger partial charge in [-0.1, -0.05) is 37.9 Å². The second kappa shape index (κ2) is 11.8. The molecule has 1 aromatic heterocycles. The van der Waals surface area contributed by atoms with E-state index in [1.54, 1.807) is 12.1 Å². The van der Waals surface area contributed by atoms with E-state index in [9.17, 15) is 24.5 Å². The van der Waals surface area contributed by atoms with Gasteiger partial charge in [0.15, 0.2) is 17.7 Å². The lowest BCUT2D eigenvalue weighted by molar-refractivity contribution is -0.397. The lowest BCUT2D eigenvalue weighted by atomic mass is 9.87. The normalized spacial score (nSPS) is 13.7. The van der Waals surface area contributed by atoms with Crippen molar-refractivity contribution in [3.63, 3.8) is 0 Å². The standard InChI is InChI=1S/C29H28N4O7/c1-29(2,3)20-6-10-22(11-7-20)39-18-23(17-32-15-14-30-28(32)33(37)38)40-27(36)19-4-8-21(9-5-19)31-16-24-25(34)12-13-26(24)35/h4-16,23,31H,17-18H2,1-3H3/t23-/m1/s1. The third-order valence-corrected chi connectivity index (χ3v) is 6.11. The largest absolute Gasteiger partial charge is 0.490 e. The van der Waals surface area contributed by atoms with Crippen LogP contribution in [0.1, 0.15) is 36.7 Å². The van der Waals surface area contributed by atoms with Crippen molar-refractivity contribution in [2.75, 3.05) is 11.9 Å². The zero-order valence-corrected chi connectivity index (χ0v) is 22.2. The highest BCUT2D eigenvalue weighted by atomic mass is 16.6. The van der Waals surface area contributed by atoms with E-state index < -0.39 is 17.0 Å². The number of hydrogen-bond donors (Lipinski definition) is 1. The smallest absolute Gasteiger partial charge is 0.434 e. The van der Waals surface area contributed by atoms with Crippen LogP contribution in [0.15, 0.2) is 84.8 Å². The molecule has 1 aliphatic rings. The highest BCUT2D eigenvalue weighted by Crippen LogP contribution is 2.24. The molecule has 40 heavy (non-hydrogen) atoms. The Morgan fingerprint density at radius 2 is 1.73 bits per heavy atom. The van der Waals surface area contributed by atoms with E-state index >= 15 is 0 Å². The van der Waals surface area contributed by atoms with Crippen LogP contribution in [0.3, 0.4) is 0 Å². The Bertz CT molecular complexity index is 1460. The molecule has 0 unspecified atom stereocenters. The first kappa shape index (κ1) is 28.0. The molecule has 206 valence electrons. The summed E-state index contributed by atoms with van der Waals surface area (Å²) in [4.78, 5) is 50.8. The number of ether oxygens (including phenoxy) is 2. The SMILES string of the molecule is CC(C)(C)c1ccc(OC[C@@H](Cn2ccnc2[N+](=O)[O-])OC(=O)c2ccc(NC=C3C(=O)C=CC3=O)cc2)cc1. The molecule has 0 aliphatic heterocycles. The third kappa shape index (κ3) is 6.87. The van der Waals surface area contributed by atoms with E-state index in [2.05, 4.69) is 31.1 Å². The number of nitrogens with one attached hydrogen (secondary N) is 1. The number of imidazole rings is 1. The summed E-state index contributed by atoms with van der Waals surface area (Å²) in [5, 5.41) is 14.2. The highest BCUT2D eigenvalue weighted by molar-refractivity contribution is 6.33. The van der Waals surface area contributed by atoms with E-state index in [0.717, 1.165) is 5.56 Å². The number of anilines is 1. The maximum absolute atomic E-state index is 13.0. The zero-order chi connectivity index (χ0) is 28.9. The van der Waals surface area contributed by atoms with Gasteiger partial charge in [0.25, 0.3) is 0 Å². The Hall–Kier alpha value is -5.06. The maximum atomic E-state index is 13.0. The Balaban J connectivity index is 1.45. The van der Waals surface area contributed by atoms with Crippen molar-refractivity contribution in [3.8, 4) is 5.75 Å². The van der Waals surface area contributed by atoms with Crippen molar-refractivity contribution in [1.29, 1.82) is 0 Å². The van der Waals surface area contributed by atoms with Crippen molar-refractivity contribution in [2.45, 2.75) is 38.8 Å². The Morgan fingerprint density at radius 1 is 1.07 bits per heavy atom. The molecular weight excluding hydrogens is 516 g/mol. The van der Waals surface area contributed by atoms with Crippen LogP contribution >= 0.6 is 0 Å². The number of carbonyl (C=O) groups excluding carboxylic acids is 3. The molecule has 0 saturated heterocycles. The van der Waals surface area contributed by atoms with Gasteiger partial charge in [0.1, 0.15) is 31.3 Å². The minimum Gasteiger partial charge on any atom is -0.490 e. The number of nitro groups is 1. The molecule has 0 bridgehead atoms. The summed E-state index contributed by atoms with van der Waals surface area (Å²) >= 11 is 0. The number of rotatable bonds is 10. The van der Waals surface area contributed by atoms with Gasteiger partial charge in [-0.3, -0.25) is 9.59 Å². The van der Waals surface area contributed by atoms with Gasteiger partial charge in [-0.25, -0.2) is 9.36 Å². The summed E-state index contributed by atoms with van der Waals surface area (Å²) in [7, 11) is 0. The van der Waals surface area contributed by atoms with Gasteiger partial charge in [-0.05, 0) is 64.5 Å². The van der Waals surface area contributed by atoms with Gasteiger partial charge in [0.05, 0.1) is 11.1 Å². The monoisotopic (exact) mass is 544 g/mol. The predicted molar refractivity (Wildman–Crippen MR) is 146 cm³/mol. The van der Waals surface area contributed by atoms with Gasteiger partial charge in [0.2, 0.25) is 0 Å². The molecule has 1 aliphatic carbocycles. The van der Waals surface area contributed by atoms with E-state index in [1.165, 1.54) is 47.4 Å². The highest BCUT2D eigenvalue weighted by Gasteiger charge is 2.24. The van der Waals surface area contributed by atoms with Gasteiger partial charge >= 0.3 is 11.9 Å². The summed E-state index contributed by atoms with van der Waals surface area (Å²) < 4.78 is 12.9. The predicted octanol–water partition coefficient (Wildman–Crippen LogP) is 4.40. The molecule has 2 aromatic carbocycles. The number of carbonyl (C=O) groups is 3. The second-order valence-corrected chi connectivity index (χ2v) is 10.1. The Labute approximate surface area is 230 Å². The lowest BCUT2D eigenvalue weighted by Gasteiger charge is -2.20. The molecule has 11 heteroatoms. The van der Waals surface area contributed by atoms with E-state index in [4.69, 9.17) is 9.47 Å². The molecule has 4 rings (SSSR count). The van der Waals surface area contributed by atoms with Crippen molar-refractivity contribution >= 4 is 29.2 Å². The summed E-state index contributed by atoms with van der Waals surface area (Å²) in [6.45, 7) is 6.20. The molecular formula is C29H28N4O7. The summed E-state index contributed by atoms with van der Waals surface area (Å²) in [6, 6.07) is 13.8. The molecule has 1 heterocycles. The minimum atomic E-state index is -0.878. The number of hydrogen-bond acceptors (Lipinski definition) is 9. The molecule has 0 saturated carbocycles. The number of benzene rings is 2. The first-order valence-corrected chi connectivity index (χ1v) is 12.4. The zero-order valence-electron chi connectivity index (χ0n) is 22.2. The first-order chi connectivity index (χ1) is 19.0. The molecule has 1 atom stereocenters. The van der Waals surface area contributed by atoms with Gasteiger partial charge in [-0.2, -0.15) is 0 Å².